The van der Waals surface area contributed by atoms with Crippen molar-refractivity contribution in [3.63, 3.8) is 0 Å². The van der Waals surface area contributed by atoms with Gasteiger partial charge in [0.2, 0.25) is 0 Å². The van der Waals surface area contributed by atoms with Crippen LogP contribution in [0.2, 0.25) is 0 Å². The molecule has 1 aliphatic carbocycles. The Kier molecular flexibility index (Phi) is 12.6. The van der Waals surface area contributed by atoms with Gasteiger partial charge in [-0.05, 0) is 62.8 Å². The van der Waals surface area contributed by atoms with Crippen molar-refractivity contribution in [2.45, 2.75) is 97.7 Å². The van der Waals surface area contributed by atoms with Gasteiger partial charge in [-0.2, -0.15) is 0 Å². The van der Waals surface area contributed by atoms with Gasteiger partial charge in [-0.15, -0.1) is 0 Å². The van der Waals surface area contributed by atoms with Crippen molar-refractivity contribution in [3.05, 3.63) is 65.5 Å². The number of benzene rings is 1. The Morgan fingerprint density at radius 1 is 0.895 bits per heavy atom. The Morgan fingerprint density at radius 3 is 2.18 bits per heavy atom. The highest BCUT2D eigenvalue weighted by Crippen LogP contribution is 2.38. The molecule has 0 saturated carbocycles. The predicted molar refractivity (Wildman–Crippen MR) is 151 cm³/mol. The molecule has 0 bridgehead atoms. The molecule has 0 spiro atoms. The van der Waals surface area contributed by atoms with Crippen molar-refractivity contribution in [3.8, 4) is 5.75 Å². The minimum Gasteiger partial charge on any atom is -0.492 e. The average molecular weight is 527 g/mol. The van der Waals surface area contributed by atoms with Crippen LogP contribution >= 0.6 is 0 Å². The van der Waals surface area contributed by atoms with Gasteiger partial charge in [-0.1, -0.05) is 64.3 Å². The number of methoxy groups -OCH3 is 1. The third kappa shape index (κ3) is 10.4. The zero-order valence-electron chi connectivity index (χ0n) is 24.3. The third-order valence-corrected chi connectivity index (χ3v) is 7.04. The molecule has 2 rings (SSSR count). The van der Waals surface area contributed by atoms with E-state index in [4.69, 9.17) is 14.2 Å². The lowest BCUT2D eigenvalue weighted by molar-refractivity contribution is -0.141. The smallest absolute Gasteiger partial charge is 0.331 e. The second-order valence-electron chi connectivity index (χ2n) is 10.8. The zero-order valence-corrected chi connectivity index (χ0v) is 24.3. The van der Waals surface area contributed by atoms with Crippen LogP contribution in [-0.4, -0.2) is 37.9 Å². The summed E-state index contributed by atoms with van der Waals surface area (Å²) in [5, 5.41) is 0. The van der Waals surface area contributed by atoms with Crippen molar-refractivity contribution in [1.82, 2.24) is 0 Å². The molecule has 1 aliphatic rings. The van der Waals surface area contributed by atoms with E-state index in [1.807, 2.05) is 13.0 Å². The quantitative estimate of drug-likeness (QED) is 0.177. The van der Waals surface area contributed by atoms with Crippen LogP contribution < -0.4 is 4.74 Å². The van der Waals surface area contributed by atoms with E-state index in [2.05, 4.69) is 69.7 Å². The molecular formula is C32H46O6. The molecule has 6 nitrogen and oxygen atoms in total. The molecule has 6 heteroatoms. The molecule has 0 saturated heterocycles. The van der Waals surface area contributed by atoms with Crippen LogP contribution in [0.1, 0.15) is 85.6 Å². The molecule has 0 heterocycles. The van der Waals surface area contributed by atoms with E-state index in [1.54, 1.807) is 0 Å². The van der Waals surface area contributed by atoms with Gasteiger partial charge in [0.15, 0.2) is 0 Å². The number of hydrogen-bond acceptors (Lipinski definition) is 6. The first-order valence-electron chi connectivity index (χ1n) is 13.8. The van der Waals surface area contributed by atoms with Crippen LogP contribution in [0, 0.1) is 5.92 Å². The highest BCUT2D eigenvalue weighted by atomic mass is 16.6. The van der Waals surface area contributed by atoms with Gasteiger partial charge in [0.1, 0.15) is 18.5 Å². The number of carbonyl (C=O) groups is 2. The zero-order chi connectivity index (χ0) is 28.1. The van der Waals surface area contributed by atoms with E-state index >= 15 is 0 Å². The maximum atomic E-state index is 11.7. The number of hydrogen-bond donors (Lipinski definition) is 0. The van der Waals surface area contributed by atoms with Gasteiger partial charge in [0.05, 0.1) is 19.0 Å². The fraction of sp³-hybridized carbons (Fsp3) is 0.562. The Labute approximate surface area is 229 Å². The topological polar surface area (TPSA) is 71.1 Å². The largest absolute Gasteiger partial charge is 0.492 e. The Morgan fingerprint density at radius 2 is 1.58 bits per heavy atom. The van der Waals surface area contributed by atoms with E-state index < -0.39 is 11.9 Å². The summed E-state index contributed by atoms with van der Waals surface area (Å²) in [5.41, 5.74) is 2.47. The number of carbonyl (C=O) groups excluding carboxylic acids is 2. The van der Waals surface area contributed by atoms with Crippen molar-refractivity contribution in [1.29, 1.82) is 0 Å². The molecule has 0 radical (unpaired) electrons. The lowest BCUT2D eigenvalue weighted by Crippen LogP contribution is -2.23. The molecule has 0 amide bonds. The van der Waals surface area contributed by atoms with Gasteiger partial charge in [-0.25, -0.2) is 9.59 Å². The van der Waals surface area contributed by atoms with Crippen LogP contribution in [0.15, 0.2) is 59.9 Å². The summed E-state index contributed by atoms with van der Waals surface area (Å²) < 4.78 is 21.7. The van der Waals surface area contributed by atoms with Gasteiger partial charge in [0.25, 0.3) is 0 Å². The second-order valence-corrected chi connectivity index (χ2v) is 10.8. The second kappa shape index (κ2) is 15.4. The first-order chi connectivity index (χ1) is 18.0. The molecule has 210 valence electrons. The van der Waals surface area contributed by atoms with Crippen LogP contribution in [-0.2, 0) is 29.2 Å². The Bertz CT molecular complexity index is 986. The minimum atomic E-state index is -0.611. The molecule has 1 aromatic rings. The number of rotatable bonds is 15. The Hall–Kier alpha value is -3.02. The first kappa shape index (κ1) is 31.2. The highest BCUT2D eigenvalue weighted by molar-refractivity contribution is 5.91. The molecule has 0 aromatic heterocycles. The summed E-state index contributed by atoms with van der Waals surface area (Å²) in [4.78, 5) is 22.7. The van der Waals surface area contributed by atoms with Crippen LogP contribution in [0.5, 0.6) is 5.75 Å². The maximum absolute atomic E-state index is 11.7. The fourth-order valence-corrected chi connectivity index (χ4v) is 4.56. The van der Waals surface area contributed by atoms with E-state index in [1.165, 1.54) is 37.5 Å². The molecule has 0 N–H and O–H groups in total. The van der Waals surface area contributed by atoms with Crippen molar-refractivity contribution in [2.24, 2.45) is 5.92 Å². The minimum absolute atomic E-state index is 0.0918. The first-order valence-corrected chi connectivity index (χ1v) is 13.8. The molecule has 1 aromatic carbocycles. The highest BCUT2D eigenvalue weighted by Gasteiger charge is 2.27. The maximum Gasteiger partial charge on any atom is 0.331 e. The average Bonchev–Trinajstić information content (AvgIpc) is 2.90. The SMILES string of the molecule is CCCC(C)CCC(C)Oc1ccc(C(C)(C)C2=CC=C(OC(C)COC(=O)/C=C/C(=O)OC)CC2)cc1. The Balaban J connectivity index is 1.88. The summed E-state index contributed by atoms with van der Waals surface area (Å²) in [7, 11) is 1.25. The summed E-state index contributed by atoms with van der Waals surface area (Å²) in [5.74, 6) is 1.32. The molecule has 0 fully saturated rings. The number of allylic oxidation sites excluding steroid dienone is 4. The van der Waals surface area contributed by atoms with Gasteiger partial charge < -0.3 is 18.9 Å². The molecule has 3 atom stereocenters. The summed E-state index contributed by atoms with van der Waals surface area (Å²) in [6, 6.07) is 8.51. The van der Waals surface area contributed by atoms with Gasteiger partial charge >= 0.3 is 11.9 Å². The van der Waals surface area contributed by atoms with Crippen LogP contribution in [0.3, 0.4) is 0 Å². The fourth-order valence-electron chi connectivity index (χ4n) is 4.56. The number of esters is 2. The van der Waals surface area contributed by atoms with E-state index in [0.29, 0.717) is 0 Å². The molecular weight excluding hydrogens is 480 g/mol. The number of ether oxygens (including phenoxy) is 4. The van der Waals surface area contributed by atoms with E-state index in [0.717, 1.165) is 48.8 Å². The summed E-state index contributed by atoms with van der Waals surface area (Å²) in [6.45, 7) is 13.1. The monoisotopic (exact) mass is 526 g/mol. The standard InChI is InChI=1S/C32H46O6/c1-8-9-23(2)10-11-24(3)37-28-16-12-26(13-17-28)32(5,6)27-14-18-29(19-15-27)38-25(4)22-36-31(34)21-20-30(33)35-7/h12-14,16-18,20-21,23-25H,8-11,15,19,22H2,1-7H3/b21-20+. The molecule has 3 unspecified atom stereocenters. The van der Waals surface area contributed by atoms with Gasteiger partial charge in [-0.3, -0.25) is 0 Å². The summed E-state index contributed by atoms with van der Waals surface area (Å²) in [6.07, 6.45) is 12.6. The molecule has 38 heavy (non-hydrogen) atoms. The lowest BCUT2D eigenvalue weighted by Gasteiger charge is -2.31. The third-order valence-electron chi connectivity index (χ3n) is 7.04. The predicted octanol–water partition coefficient (Wildman–Crippen LogP) is 7.23. The normalized spacial score (nSPS) is 16.2. The van der Waals surface area contributed by atoms with E-state index in [-0.39, 0.29) is 24.2 Å². The van der Waals surface area contributed by atoms with Gasteiger partial charge in [0, 0.05) is 24.0 Å². The van der Waals surface area contributed by atoms with Crippen molar-refractivity contribution >= 4 is 11.9 Å². The van der Waals surface area contributed by atoms with E-state index in [9.17, 15) is 9.59 Å². The summed E-state index contributed by atoms with van der Waals surface area (Å²) >= 11 is 0. The molecule has 0 aliphatic heterocycles. The van der Waals surface area contributed by atoms with Crippen LogP contribution in [0.25, 0.3) is 0 Å². The lowest BCUT2D eigenvalue weighted by atomic mass is 9.74. The van der Waals surface area contributed by atoms with Crippen molar-refractivity contribution in [2.75, 3.05) is 13.7 Å². The van der Waals surface area contributed by atoms with Crippen molar-refractivity contribution < 1.29 is 28.5 Å². The van der Waals surface area contributed by atoms with Crippen LogP contribution in [0.4, 0.5) is 0 Å².